The maximum absolute atomic E-state index is 11.0. The number of nitrogens with one attached hydrogen (secondary N) is 1. The van der Waals surface area contributed by atoms with Gasteiger partial charge < -0.3 is 15.8 Å². The van der Waals surface area contributed by atoms with Crippen molar-refractivity contribution in [2.75, 3.05) is 12.4 Å². The van der Waals surface area contributed by atoms with Crippen LogP contribution < -0.4 is 15.8 Å². The number of halogens is 1. The lowest BCUT2D eigenvalue weighted by molar-refractivity contribution is 0.100. The Kier molecular flexibility index (Phi) is 4.63. The normalized spacial score (nSPS) is 10.1. The summed E-state index contributed by atoms with van der Waals surface area (Å²) >= 11 is 3.51. The van der Waals surface area contributed by atoms with Crippen LogP contribution in [0.3, 0.4) is 0 Å². The lowest BCUT2D eigenvalue weighted by atomic mass is 10.2. The molecule has 0 aliphatic heterocycles. The number of hydrogen-bond acceptors (Lipinski definition) is 3. The van der Waals surface area contributed by atoms with Gasteiger partial charge in [0, 0.05) is 22.3 Å². The molecule has 0 spiro atoms. The molecule has 2 aromatic rings. The largest absolute Gasteiger partial charge is 0.497 e. The lowest BCUT2D eigenvalue weighted by Crippen LogP contribution is -2.10. The molecule has 3 N–H and O–H groups in total. The van der Waals surface area contributed by atoms with Crippen molar-refractivity contribution in [3.63, 3.8) is 0 Å². The second-order valence-corrected chi connectivity index (χ2v) is 5.11. The predicted octanol–water partition coefficient (Wildman–Crippen LogP) is 3.17. The summed E-state index contributed by atoms with van der Waals surface area (Å²) in [6.45, 7) is 0.647. The molecule has 2 aromatic carbocycles. The smallest absolute Gasteiger partial charge is 0.248 e. The highest BCUT2D eigenvalue weighted by Gasteiger charge is 2.03. The van der Waals surface area contributed by atoms with E-state index in [1.807, 2.05) is 30.3 Å². The molecule has 2 rings (SSSR count). The summed E-state index contributed by atoms with van der Waals surface area (Å²) in [6.07, 6.45) is 0. The Morgan fingerprint density at radius 3 is 2.55 bits per heavy atom. The van der Waals surface area contributed by atoms with Gasteiger partial charge in [0.1, 0.15) is 5.75 Å². The number of primary amides is 1. The summed E-state index contributed by atoms with van der Waals surface area (Å²) in [5.41, 5.74) is 7.71. The molecule has 0 radical (unpaired) electrons. The third-order valence-corrected chi connectivity index (χ3v) is 3.68. The van der Waals surface area contributed by atoms with Gasteiger partial charge in [0.25, 0.3) is 0 Å². The van der Waals surface area contributed by atoms with Crippen LogP contribution in [0, 0.1) is 0 Å². The molecule has 0 atom stereocenters. The Morgan fingerprint density at radius 1 is 1.25 bits per heavy atom. The standard InChI is InChI=1S/C15H15BrN2O2/c1-20-13-6-7-14(16)11(8-13)9-18-12-4-2-10(3-5-12)15(17)19/h2-8,18H,9H2,1H3,(H2,17,19). The predicted molar refractivity (Wildman–Crippen MR) is 83.0 cm³/mol. The van der Waals surface area contributed by atoms with Gasteiger partial charge in [-0.2, -0.15) is 0 Å². The molecule has 0 aliphatic carbocycles. The molecule has 20 heavy (non-hydrogen) atoms. The summed E-state index contributed by atoms with van der Waals surface area (Å²) in [4.78, 5) is 11.0. The van der Waals surface area contributed by atoms with Crippen molar-refractivity contribution in [3.05, 3.63) is 58.1 Å². The summed E-state index contributed by atoms with van der Waals surface area (Å²) in [5.74, 6) is 0.390. The molecule has 0 aliphatic rings. The lowest BCUT2D eigenvalue weighted by Gasteiger charge is -2.10. The quantitative estimate of drug-likeness (QED) is 0.882. The third kappa shape index (κ3) is 3.51. The molecule has 0 saturated carbocycles. The van der Waals surface area contributed by atoms with Gasteiger partial charge in [0.2, 0.25) is 5.91 Å². The van der Waals surface area contributed by atoms with Crippen LogP contribution in [0.15, 0.2) is 46.9 Å². The van der Waals surface area contributed by atoms with E-state index in [4.69, 9.17) is 10.5 Å². The first-order valence-electron chi connectivity index (χ1n) is 6.06. The van der Waals surface area contributed by atoms with Crippen LogP contribution in [0.1, 0.15) is 15.9 Å². The van der Waals surface area contributed by atoms with Gasteiger partial charge in [-0.15, -0.1) is 0 Å². The van der Waals surface area contributed by atoms with Gasteiger partial charge >= 0.3 is 0 Å². The van der Waals surface area contributed by atoms with Gasteiger partial charge in [0.15, 0.2) is 0 Å². The Morgan fingerprint density at radius 2 is 1.95 bits per heavy atom. The molecule has 104 valence electrons. The highest BCUT2D eigenvalue weighted by molar-refractivity contribution is 9.10. The molecule has 0 fully saturated rings. The number of anilines is 1. The topological polar surface area (TPSA) is 64.3 Å². The highest BCUT2D eigenvalue weighted by atomic mass is 79.9. The number of benzene rings is 2. The molecule has 4 nitrogen and oxygen atoms in total. The Bertz CT molecular complexity index is 612. The molecule has 0 bridgehead atoms. The first-order chi connectivity index (χ1) is 9.60. The van der Waals surface area contributed by atoms with E-state index in [2.05, 4.69) is 21.2 Å². The maximum Gasteiger partial charge on any atom is 0.248 e. The van der Waals surface area contributed by atoms with Crippen LogP contribution >= 0.6 is 15.9 Å². The summed E-state index contributed by atoms with van der Waals surface area (Å²) in [7, 11) is 1.64. The van der Waals surface area contributed by atoms with Crippen molar-refractivity contribution in [1.29, 1.82) is 0 Å². The van der Waals surface area contributed by atoms with Gasteiger partial charge in [-0.1, -0.05) is 15.9 Å². The van der Waals surface area contributed by atoms with Gasteiger partial charge in [-0.25, -0.2) is 0 Å². The molecule has 5 heteroatoms. The van der Waals surface area contributed by atoms with E-state index in [0.29, 0.717) is 12.1 Å². The SMILES string of the molecule is COc1ccc(Br)c(CNc2ccc(C(N)=O)cc2)c1. The molecule has 0 unspecified atom stereocenters. The van der Waals surface area contributed by atoms with Crippen LogP contribution in [0.4, 0.5) is 5.69 Å². The van der Waals surface area contributed by atoms with Crippen LogP contribution in [0.25, 0.3) is 0 Å². The summed E-state index contributed by atoms with van der Waals surface area (Å²) < 4.78 is 6.22. The molecule has 1 amide bonds. The Balaban J connectivity index is 2.06. The first-order valence-corrected chi connectivity index (χ1v) is 6.85. The molecule has 0 heterocycles. The van der Waals surface area contributed by atoms with Crippen molar-refractivity contribution < 1.29 is 9.53 Å². The van der Waals surface area contributed by atoms with E-state index in [0.717, 1.165) is 21.5 Å². The number of ether oxygens (including phenoxy) is 1. The summed E-state index contributed by atoms with van der Waals surface area (Å²) in [5, 5.41) is 3.28. The highest BCUT2D eigenvalue weighted by Crippen LogP contribution is 2.23. The van der Waals surface area contributed by atoms with Crippen molar-refractivity contribution >= 4 is 27.5 Å². The fourth-order valence-corrected chi connectivity index (χ4v) is 2.15. The van der Waals surface area contributed by atoms with Crippen molar-refractivity contribution in [2.24, 2.45) is 5.73 Å². The molecule has 0 saturated heterocycles. The number of hydrogen-bond donors (Lipinski definition) is 2. The molecule has 0 aromatic heterocycles. The van der Waals surface area contributed by atoms with Crippen LogP contribution in [-0.2, 0) is 6.54 Å². The van der Waals surface area contributed by atoms with E-state index in [1.165, 1.54) is 0 Å². The van der Waals surface area contributed by atoms with Crippen LogP contribution in [0.5, 0.6) is 5.75 Å². The van der Waals surface area contributed by atoms with Crippen molar-refractivity contribution in [1.82, 2.24) is 0 Å². The van der Waals surface area contributed by atoms with Gasteiger partial charge in [-0.3, -0.25) is 4.79 Å². The second-order valence-electron chi connectivity index (χ2n) is 4.25. The Hall–Kier alpha value is -2.01. The van der Waals surface area contributed by atoms with E-state index >= 15 is 0 Å². The van der Waals surface area contributed by atoms with E-state index < -0.39 is 5.91 Å². The number of amides is 1. The van der Waals surface area contributed by atoms with Gasteiger partial charge in [-0.05, 0) is 48.0 Å². The zero-order valence-electron chi connectivity index (χ0n) is 11.0. The average molecular weight is 335 g/mol. The minimum atomic E-state index is -0.424. The average Bonchev–Trinajstić information content (AvgIpc) is 2.47. The fourth-order valence-electron chi connectivity index (χ4n) is 1.76. The number of carbonyl (C=O) groups is 1. The number of rotatable bonds is 5. The monoisotopic (exact) mass is 334 g/mol. The number of nitrogens with two attached hydrogens (primary N) is 1. The summed E-state index contributed by atoms with van der Waals surface area (Å²) in [6, 6.07) is 12.9. The van der Waals surface area contributed by atoms with Gasteiger partial charge in [0.05, 0.1) is 7.11 Å². The fraction of sp³-hybridized carbons (Fsp3) is 0.133. The third-order valence-electron chi connectivity index (χ3n) is 2.91. The van der Waals surface area contributed by atoms with E-state index in [-0.39, 0.29) is 0 Å². The number of methoxy groups -OCH3 is 1. The van der Waals surface area contributed by atoms with E-state index in [9.17, 15) is 4.79 Å². The van der Waals surface area contributed by atoms with Crippen molar-refractivity contribution in [2.45, 2.75) is 6.54 Å². The minimum Gasteiger partial charge on any atom is -0.497 e. The van der Waals surface area contributed by atoms with Crippen molar-refractivity contribution in [3.8, 4) is 5.75 Å². The maximum atomic E-state index is 11.0. The van der Waals surface area contributed by atoms with E-state index in [1.54, 1.807) is 19.2 Å². The second kappa shape index (κ2) is 6.43. The number of carbonyl (C=O) groups excluding carboxylic acids is 1. The zero-order chi connectivity index (χ0) is 14.5. The Labute approximate surface area is 126 Å². The van der Waals surface area contributed by atoms with Crippen LogP contribution in [0.2, 0.25) is 0 Å². The minimum absolute atomic E-state index is 0.424. The first kappa shape index (κ1) is 14.4. The molecular weight excluding hydrogens is 320 g/mol. The zero-order valence-corrected chi connectivity index (χ0v) is 12.6. The van der Waals surface area contributed by atoms with Crippen LogP contribution in [-0.4, -0.2) is 13.0 Å². The molecular formula is C15H15BrN2O2.